The molecule has 84 valence electrons. The van der Waals surface area contributed by atoms with Crippen LogP contribution >= 0.6 is 39.0 Å². The van der Waals surface area contributed by atoms with Crippen molar-refractivity contribution in [2.24, 2.45) is 0 Å². The van der Waals surface area contributed by atoms with Crippen LogP contribution in [0.1, 0.15) is 22.2 Å². The Kier molecular flexibility index (Phi) is 5.15. The van der Waals surface area contributed by atoms with E-state index in [0.29, 0.717) is 11.8 Å². The van der Waals surface area contributed by atoms with Crippen LogP contribution in [0.25, 0.3) is 0 Å². The predicted molar refractivity (Wildman–Crippen MR) is 72.1 cm³/mol. The molecule has 1 aromatic rings. The molecule has 0 saturated carbocycles. The molecular weight excluding hydrogens is 294 g/mol. The Morgan fingerprint density at radius 2 is 2.40 bits per heavy atom. The molecule has 0 aliphatic heterocycles. The monoisotopic (exact) mass is 307 g/mol. The van der Waals surface area contributed by atoms with Crippen LogP contribution in [0.2, 0.25) is 0 Å². The number of hydrogen-bond acceptors (Lipinski definition) is 3. The topological polar surface area (TPSA) is 29.1 Å². The molecule has 0 radical (unpaired) electrons. The van der Waals surface area contributed by atoms with Crippen molar-refractivity contribution in [1.29, 1.82) is 0 Å². The van der Waals surface area contributed by atoms with Crippen LogP contribution in [0.4, 0.5) is 0 Å². The molecule has 1 rings (SSSR count). The number of aryl methyl sites for hydroxylation is 1. The summed E-state index contributed by atoms with van der Waals surface area (Å²) in [5.41, 5.74) is 1.11. The fourth-order valence-corrected chi connectivity index (χ4v) is 2.68. The van der Waals surface area contributed by atoms with Gasteiger partial charge < -0.3 is 5.32 Å². The minimum absolute atomic E-state index is 0.0229. The molecule has 0 spiro atoms. The Bertz CT molecular complexity index is 332. The second-order valence-electron chi connectivity index (χ2n) is 3.32. The van der Waals surface area contributed by atoms with E-state index in [2.05, 4.69) is 28.2 Å². The van der Waals surface area contributed by atoms with E-state index >= 15 is 0 Å². The zero-order chi connectivity index (χ0) is 11.4. The number of nitrogens with one attached hydrogen (secondary N) is 1. The Morgan fingerprint density at radius 3 is 2.87 bits per heavy atom. The number of amides is 1. The van der Waals surface area contributed by atoms with Gasteiger partial charge in [0.2, 0.25) is 0 Å². The first-order valence-electron chi connectivity index (χ1n) is 4.61. The van der Waals surface area contributed by atoms with Crippen molar-refractivity contribution < 1.29 is 4.79 Å². The van der Waals surface area contributed by atoms with E-state index in [1.807, 2.05) is 19.2 Å². The summed E-state index contributed by atoms with van der Waals surface area (Å²) in [5, 5.41) is 3.38. The van der Waals surface area contributed by atoms with Gasteiger partial charge in [0, 0.05) is 11.8 Å². The summed E-state index contributed by atoms with van der Waals surface area (Å²) in [6.07, 6.45) is 2.04. The lowest BCUT2D eigenvalue weighted by atomic mass is 10.3. The summed E-state index contributed by atoms with van der Waals surface area (Å²) in [5.74, 6) is 0.0229. The predicted octanol–water partition coefficient (Wildman–Crippen LogP) is 3.30. The quantitative estimate of drug-likeness (QED) is 0.924. The van der Waals surface area contributed by atoms with E-state index in [1.165, 1.54) is 11.3 Å². The highest BCUT2D eigenvalue weighted by atomic mass is 79.9. The number of rotatable bonds is 4. The van der Waals surface area contributed by atoms with Gasteiger partial charge in [0.25, 0.3) is 5.91 Å². The van der Waals surface area contributed by atoms with Crippen molar-refractivity contribution in [3.63, 3.8) is 0 Å². The average molecular weight is 308 g/mol. The van der Waals surface area contributed by atoms with E-state index in [4.69, 9.17) is 0 Å². The maximum atomic E-state index is 11.7. The molecule has 0 bridgehead atoms. The molecule has 1 unspecified atom stereocenters. The third kappa shape index (κ3) is 3.81. The van der Waals surface area contributed by atoms with Crippen molar-refractivity contribution in [1.82, 2.24) is 5.32 Å². The van der Waals surface area contributed by atoms with Gasteiger partial charge in [-0.3, -0.25) is 4.79 Å². The molecule has 1 heterocycles. The highest BCUT2D eigenvalue weighted by Crippen LogP contribution is 2.27. The van der Waals surface area contributed by atoms with E-state index in [9.17, 15) is 4.79 Å². The molecular formula is C10H14BrNOS2. The first-order chi connectivity index (χ1) is 7.04. The normalized spacial score (nSPS) is 12.5. The lowest BCUT2D eigenvalue weighted by Crippen LogP contribution is -2.28. The van der Waals surface area contributed by atoms with Crippen LogP contribution in [0.15, 0.2) is 9.85 Å². The van der Waals surface area contributed by atoms with Crippen molar-refractivity contribution in [3.8, 4) is 0 Å². The van der Waals surface area contributed by atoms with Gasteiger partial charge in [0.05, 0.1) is 8.66 Å². The molecule has 0 aromatic carbocycles. The van der Waals surface area contributed by atoms with Crippen LogP contribution in [0.3, 0.4) is 0 Å². The minimum atomic E-state index is 0.0229. The molecule has 1 atom stereocenters. The smallest absolute Gasteiger partial charge is 0.261 e. The van der Waals surface area contributed by atoms with Gasteiger partial charge >= 0.3 is 0 Å². The fourth-order valence-electron chi connectivity index (χ4n) is 0.979. The standard InChI is InChI=1S/C10H14BrNOS2/c1-6-4-8(15-9(6)11)10(13)12-5-7(2)14-3/h4,7H,5H2,1-3H3,(H,12,13). The molecule has 15 heavy (non-hydrogen) atoms. The Labute approximate surface area is 107 Å². The van der Waals surface area contributed by atoms with Gasteiger partial charge in [-0.05, 0) is 40.7 Å². The van der Waals surface area contributed by atoms with E-state index in [1.54, 1.807) is 11.8 Å². The van der Waals surface area contributed by atoms with Gasteiger partial charge in [0.1, 0.15) is 0 Å². The molecule has 2 nitrogen and oxygen atoms in total. The summed E-state index contributed by atoms with van der Waals surface area (Å²) in [4.78, 5) is 12.5. The molecule has 0 fully saturated rings. The third-order valence-electron chi connectivity index (χ3n) is 2.03. The summed E-state index contributed by atoms with van der Waals surface area (Å²) in [7, 11) is 0. The number of thiophene rings is 1. The average Bonchev–Trinajstić information content (AvgIpc) is 2.55. The largest absolute Gasteiger partial charge is 0.350 e. The number of carbonyl (C=O) groups is 1. The molecule has 1 N–H and O–H groups in total. The van der Waals surface area contributed by atoms with Crippen LogP contribution in [-0.2, 0) is 0 Å². The molecule has 0 aliphatic carbocycles. The van der Waals surface area contributed by atoms with Gasteiger partial charge in [-0.1, -0.05) is 6.92 Å². The Hall–Kier alpha value is -0.0000000000000000833. The van der Waals surface area contributed by atoms with Crippen molar-refractivity contribution in [2.75, 3.05) is 12.8 Å². The Morgan fingerprint density at radius 1 is 1.73 bits per heavy atom. The number of hydrogen-bond donors (Lipinski definition) is 1. The highest BCUT2D eigenvalue weighted by molar-refractivity contribution is 9.11. The van der Waals surface area contributed by atoms with E-state index in [-0.39, 0.29) is 5.91 Å². The van der Waals surface area contributed by atoms with Crippen molar-refractivity contribution in [2.45, 2.75) is 19.1 Å². The molecule has 1 amide bonds. The number of thioether (sulfide) groups is 1. The van der Waals surface area contributed by atoms with Gasteiger partial charge in [0.15, 0.2) is 0 Å². The van der Waals surface area contributed by atoms with Crippen molar-refractivity contribution >= 4 is 44.9 Å². The van der Waals surface area contributed by atoms with Crippen LogP contribution < -0.4 is 5.32 Å². The lowest BCUT2D eigenvalue weighted by Gasteiger charge is -2.08. The summed E-state index contributed by atoms with van der Waals surface area (Å²) in [6.45, 7) is 4.80. The number of halogens is 1. The minimum Gasteiger partial charge on any atom is -0.350 e. The van der Waals surface area contributed by atoms with Crippen LogP contribution in [-0.4, -0.2) is 24.0 Å². The molecule has 1 aromatic heterocycles. The Balaban J connectivity index is 2.54. The van der Waals surface area contributed by atoms with Crippen molar-refractivity contribution in [3.05, 3.63) is 20.3 Å². The second kappa shape index (κ2) is 5.92. The van der Waals surface area contributed by atoms with E-state index in [0.717, 1.165) is 14.2 Å². The maximum Gasteiger partial charge on any atom is 0.261 e. The maximum absolute atomic E-state index is 11.7. The molecule has 0 aliphatic rings. The fraction of sp³-hybridized carbons (Fsp3) is 0.500. The summed E-state index contributed by atoms with van der Waals surface area (Å²) in [6, 6.07) is 1.91. The summed E-state index contributed by atoms with van der Waals surface area (Å²) >= 11 is 6.64. The van der Waals surface area contributed by atoms with Crippen LogP contribution in [0.5, 0.6) is 0 Å². The molecule has 5 heteroatoms. The SMILES string of the molecule is CSC(C)CNC(=O)c1cc(C)c(Br)s1. The van der Waals surface area contributed by atoms with Crippen LogP contribution in [0, 0.1) is 6.92 Å². The lowest BCUT2D eigenvalue weighted by molar-refractivity contribution is 0.0958. The second-order valence-corrected chi connectivity index (χ2v) is 6.97. The van der Waals surface area contributed by atoms with Gasteiger partial charge in [-0.15, -0.1) is 11.3 Å². The van der Waals surface area contributed by atoms with E-state index < -0.39 is 0 Å². The van der Waals surface area contributed by atoms with Gasteiger partial charge in [-0.2, -0.15) is 11.8 Å². The summed E-state index contributed by atoms with van der Waals surface area (Å²) < 4.78 is 1.03. The third-order valence-corrected chi connectivity index (χ3v) is 5.14. The molecule has 0 saturated heterocycles. The zero-order valence-electron chi connectivity index (χ0n) is 8.96. The highest BCUT2D eigenvalue weighted by Gasteiger charge is 2.11. The first kappa shape index (κ1) is 13.1. The van der Waals surface area contributed by atoms with Gasteiger partial charge in [-0.25, -0.2) is 0 Å². The number of carbonyl (C=O) groups excluding carboxylic acids is 1. The first-order valence-corrected chi connectivity index (χ1v) is 7.51. The zero-order valence-corrected chi connectivity index (χ0v) is 12.2.